The molecule has 0 radical (unpaired) electrons. The second kappa shape index (κ2) is 11.6. The first-order valence-electron chi connectivity index (χ1n) is 13.3. The van der Waals surface area contributed by atoms with Crippen LogP contribution in [0.4, 0.5) is 23.3 Å². The Bertz CT molecular complexity index is 1420. The smallest absolute Gasteiger partial charge is 0.147 e. The van der Waals surface area contributed by atoms with Gasteiger partial charge in [0.05, 0.1) is 30.5 Å². The van der Waals surface area contributed by atoms with E-state index in [9.17, 15) is 0 Å². The molecular weight excluding hydrogens is 636 g/mol. The number of anilines is 4. The first-order valence-corrected chi connectivity index (χ1v) is 14.9. The number of hydrogen-bond acceptors (Lipinski definition) is 10. The molecule has 4 fully saturated rings. The monoisotopic (exact) mass is 664 g/mol. The van der Waals surface area contributed by atoms with Gasteiger partial charge >= 0.3 is 0 Å². The number of piperidine rings is 2. The third-order valence-corrected chi connectivity index (χ3v) is 8.47. The Kier molecular flexibility index (Phi) is 7.79. The summed E-state index contributed by atoms with van der Waals surface area (Å²) in [5.41, 5.74) is 12.5. The Balaban J connectivity index is 0.000000119. The summed E-state index contributed by atoms with van der Waals surface area (Å²) in [6.07, 6.45) is 10.1. The molecule has 0 spiro atoms. The van der Waals surface area contributed by atoms with Gasteiger partial charge in [0.2, 0.25) is 0 Å². The minimum atomic E-state index is 0.503. The molecule has 2 aliphatic carbocycles. The highest BCUT2D eigenvalue weighted by Crippen LogP contribution is 2.46. The van der Waals surface area contributed by atoms with Crippen molar-refractivity contribution in [3.05, 3.63) is 70.4 Å². The maximum absolute atomic E-state index is 5.68. The zero-order valence-electron chi connectivity index (χ0n) is 21.8. The van der Waals surface area contributed by atoms with E-state index in [-0.39, 0.29) is 0 Å². The first kappa shape index (κ1) is 26.8. The van der Waals surface area contributed by atoms with E-state index in [1.54, 1.807) is 24.5 Å². The molecule has 4 aromatic rings. The predicted octanol–water partition coefficient (Wildman–Crippen LogP) is 4.70. The van der Waals surface area contributed by atoms with Gasteiger partial charge in [0.15, 0.2) is 0 Å². The molecule has 4 atom stereocenters. The maximum Gasteiger partial charge on any atom is 0.147 e. The summed E-state index contributed by atoms with van der Waals surface area (Å²) >= 11 is 6.45. The molecule has 0 bridgehead atoms. The SMILES string of the molecule is Brc1cnc(N2CC3CC3C2)cn1.Nc1cccc(-c2cnc(N3CC4CC4C3)cn2)n1.Nc1cccc(Br)n1. The van der Waals surface area contributed by atoms with Gasteiger partial charge in [-0.25, -0.2) is 29.9 Å². The molecule has 206 valence electrons. The molecular formula is C28H30Br2N10. The van der Waals surface area contributed by atoms with Gasteiger partial charge in [-0.3, -0.25) is 0 Å². The summed E-state index contributed by atoms with van der Waals surface area (Å²) in [4.78, 5) is 30.2. The van der Waals surface area contributed by atoms with Crippen LogP contribution in [0.2, 0.25) is 0 Å². The van der Waals surface area contributed by atoms with E-state index in [2.05, 4.69) is 71.6 Å². The minimum absolute atomic E-state index is 0.503. The molecule has 4 N–H and O–H groups in total. The van der Waals surface area contributed by atoms with Crippen LogP contribution in [-0.4, -0.2) is 56.1 Å². The van der Waals surface area contributed by atoms with E-state index in [1.165, 1.54) is 25.9 Å². The van der Waals surface area contributed by atoms with Crippen LogP contribution in [0.3, 0.4) is 0 Å². The number of halogens is 2. The first-order chi connectivity index (χ1) is 19.4. The molecule has 12 heteroatoms. The van der Waals surface area contributed by atoms with Crippen LogP contribution in [0.5, 0.6) is 0 Å². The van der Waals surface area contributed by atoms with Gasteiger partial charge in [-0.2, -0.15) is 0 Å². The number of aromatic nitrogens is 6. The van der Waals surface area contributed by atoms with Crippen molar-refractivity contribution in [3.8, 4) is 11.4 Å². The van der Waals surface area contributed by atoms with Crippen molar-refractivity contribution in [3.63, 3.8) is 0 Å². The number of nitrogens with two attached hydrogens (primary N) is 2. The van der Waals surface area contributed by atoms with E-state index >= 15 is 0 Å². The average molecular weight is 666 g/mol. The van der Waals surface area contributed by atoms with Crippen LogP contribution in [0, 0.1) is 23.7 Å². The van der Waals surface area contributed by atoms with Crippen LogP contribution in [-0.2, 0) is 0 Å². The number of hydrogen-bond donors (Lipinski definition) is 2. The molecule has 4 aliphatic rings. The lowest BCUT2D eigenvalue weighted by Gasteiger charge is -2.18. The molecule has 2 saturated carbocycles. The van der Waals surface area contributed by atoms with Crippen molar-refractivity contribution in [2.75, 3.05) is 47.4 Å². The van der Waals surface area contributed by atoms with Crippen LogP contribution in [0.25, 0.3) is 11.4 Å². The second-order valence-electron chi connectivity index (χ2n) is 10.6. The predicted molar refractivity (Wildman–Crippen MR) is 163 cm³/mol. The van der Waals surface area contributed by atoms with Gasteiger partial charge in [0.25, 0.3) is 0 Å². The topological polar surface area (TPSA) is 136 Å². The maximum atomic E-state index is 5.68. The van der Waals surface area contributed by atoms with Gasteiger partial charge in [-0.05, 0) is 92.6 Å². The van der Waals surface area contributed by atoms with Gasteiger partial charge in [0.1, 0.15) is 38.2 Å². The fraction of sp³-hybridized carbons (Fsp3) is 0.357. The summed E-state index contributed by atoms with van der Waals surface area (Å²) in [5.74, 6) is 6.74. The molecule has 10 nitrogen and oxygen atoms in total. The highest BCUT2D eigenvalue weighted by Gasteiger charge is 2.46. The molecule has 40 heavy (non-hydrogen) atoms. The zero-order chi connectivity index (χ0) is 27.6. The summed E-state index contributed by atoms with van der Waals surface area (Å²) in [6, 6.07) is 10.9. The van der Waals surface area contributed by atoms with Gasteiger partial charge < -0.3 is 21.3 Å². The third-order valence-electron chi connectivity index (χ3n) is 7.62. The van der Waals surface area contributed by atoms with Gasteiger partial charge in [-0.15, -0.1) is 0 Å². The quantitative estimate of drug-likeness (QED) is 0.297. The van der Waals surface area contributed by atoms with Gasteiger partial charge in [0, 0.05) is 26.2 Å². The summed E-state index contributed by atoms with van der Waals surface area (Å²) in [7, 11) is 0. The lowest BCUT2D eigenvalue weighted by Crippen LogP contribution is -2.22. The molecule has 4 unspecified atom stereocenters. The Labute approximate surface area is 249 Å². The highest BCUT2D eigenvalue weighted by molar-refractivity contribution is 9.10. The fourth-order valence-electron chi connectivity index (χ4n) is 5.27. The average Bonchev–Trinajstić information content (AvgIpc) is 3.80. The Morgan fingerprint density at radius 1 is 0.575 bits per heavy atom. The van der Waals surface area contributed by atoms with Crippen LogP contribution >= 0.6 is 31.9 Å². The van der Waals surface area contributed by atoms with Crippen molar-refractivity contribution in [2.24, 2.45) is 23.7 Å². The lowest BCUT2D eigenvalue weighted by molar-refractivity contribution is 0.800. The van der Waals surface area contributed by atoms with Crippen molar-refractivity contribution in [1.29, 1.82) is 0 Å². The Morgan fingerprint density at radius 2 is 1.12 bits per heavy atom. The van der Waals surface area contributed by atoms with Crippen LogP contribution in [0.15, 0.2) is 70.4 Å². The second-order valence-corrected chi connectivity index (χ2v) is 12.2. The highest BCUT2D eigenvalue weighted by atomic mass is 79.9. The van der Waals surface area contributed by atoms with E-state index in [0.717, 1.165) is 69.0 Å². The summed E-state index contributed by atoms with van der Waals surface area (Å²) in [6.45, 7) is 4.63. The largest absolute Gasteiger partial charge is 0.384 e. The van der Waals surface area contributed by atoms with E-state index in [0.29, 0.717) is 11.6 Å². The molecule has 4 aromatic heterocycles. The number of fused-ring (bicyclic) bond motifs is 2. The summed E-state index contributed by atoms with van der Waals surface area (Å²) in [5, 5.41) is 0. The van der Waals surface area contributed by atoms with Crippen LogP contribution in [0.1, 0.15) is 12.8 Å². The van der Waals surface area contributed by atoms with Crippen LogP contribution < -0.4 is 21.3 Å². The molecule has 2 saturated heterocycles. The standard InChI is InChI=1S/C14H15N5.C9H10BrN3.C5H5BrN2/c15-13-3-1-2-11(18-13)12-5-17-14(6-16-12)19-7-9-4-10(9)8-19;10-8-2-12-9(3-11-8)13-4-6-1-7(6)5-13;6-4-2-1-3-5(7)8-4/h1-3,5-6,9-10H,4,7-8H2,(H2,15,18);2-3,6-7H,1,4-5H2;1-3H,(H2,7,8). The summed E-state index contributed by atoms with van der Waals surface area (Å²) < 4.78 is 1.58. The fourth-order valence-corrected chi connectivity index (χ4v) is 5.84. The Morgan fingerprint density at radius 3 is 1.57 bits per heavy atom. The third kappa shape index (κ3) is 6.67. The molecule has 2 aliphatic heterocycles. The number of nitrogens with zero attached hydrogens (tertiary/aromatic N) is 8. The van der Waals surface area contributed by atoms with E-state index < -0.39 is 0 Å². The van der Waals surface area contributed by atoms with Gasteiger partial charge in [-0.1, -0.05) is 12.1 Å². The number of pyridine rings is 2. The number of nitrogen functional groups attached to an aromatic ring is 2. The van der Waals surface area contributed by atoms with Crippen molar-refractivity contribution >= 4 is 55.1 Å². The normalized spacial score (nSPS) is 23.2. The van der Waals surface area contributed by atoms with Crippen molar-refractivity contribution < 1.29 is 0 Å². The minimum Gasteiger partial charge on any atom is -0.384 e. The zero-order valence-corrected chi connectivity index (χ0v) is 25.0. The lowest BCUT2D eigenvalue weighted by atomic mass is 10.3. The molecule has 6 heterocycles. The van der Waals surface area contributed by atoms with E-state index in [1.807, 2.05) is 36.7 Å². The molecule has 8 rings (SSSR count). The Hall–Kier alpha value is -3.38. The molecule has 0 amide bonds. The van der Waals surface area contributed by atoms with E-state index in [4.69, 9.17) is 11.5 Å². The number of rotatable bonds is 3. The molecule has 0 aromatic carbocycles. The van der Waals surface area contributed by atoms with Crippen molar-refractivity contribution in [1.82, 2.24) is 29.9 Å². The van der Waals surface area contributed by atoms with Crippen molar-refractivity contribution in [2.45, 2.75) is 12.8 Å².